The fourth-order valence-corrected chi connectivity index (χ4v) is 5.47. The second-order valence-electron chi connectivity index (χ2n) is 8.56. The van der Waals surface area contributed by atoms with E-state index in [-0.39, 0.29) is 55.0 Å². The van der Waals surface area contributed by atoms with Gasteiger partial charge in [-0.05, 0) is 54.0 Å². The number of sulfonamides is 1. The van der Waals surface area contributed by atoms with Gasteiger partial charge in [-0.3, -0.25) is 15.0 Å². The summed E-state index contributed by atoms with van der Waals surface area (Å²) in [5.41, 5.74) is 4.84. The highest BCUT2D eigenvalue weighted by atomic mass is 35.5. The summed E-state index contributed by atoms with van der Waals surface area (Å²) in [6.45, 7) is 5.04. The first-order valence-corrected chi connectivity index (χ1v) is 12.9. The zero-order chi connectivity index (χ0) is 24.5. The number of amides is 2. The maximum atomic E-state index is 13.1. The van der Waals surface area contributed by atoms with E-state index in [0.717, 1.165) is 5.56 Å². The van der Waals surface area contributed by atoms with Crippen molar-refractivity contribution in [3.63, 3.8) is 0 Å². The van der Waals surface area contributed by atoms with Gasteiger partial charge in [0.2, 0.25) is 15.9 Å². The minimum absolute atomic E-state index is 0.0808. The molecule has 1 saturated heterocycles. The number of benzene rings is 2. The minimum Gasteiger partial charge on any atom is -0.335 e. The average Bonchev–Trinajstić information content (AvgIpc) is 2.84. The van der Waals surface area contributed by atoms with Crippen LogP contribution in [0.25, 0.3) is 0 Å². The molecule has 0 aromatic heterocycles. The number of hydrazine groups is 1. The highest BCUT2D eigenvalue weighted by molar-refractivity contribution is 7.89. The molecule has 34 heavy (non-hydrogen) atoms. The van der Waals surface area contributed by atoms with Crippen LogP contribution in [0, 0.1) is 0 Å². The number of carbonyl (C=O) groups is 2. The SMILES string of the molecule is CC(C)c1ccc(S(=O)(=O)N2CCN(C(=O)C3=CCC(=O)N(c4ccc(Cl)cc4)N3)CC2)cc1. The lowest BCUT2D eigenvalue weighted by Gasteiger charge is -2.36. The van der Waals surface area contributed by atoms with Crippen LogP contribution in [-0.2, 0) is 19.6 Å². The number of hydrogen-bond donors (Lipinski definition) is 1. The molecule has 2 heterocycles. The molecule has 0 unspecified atom stereocenters. The molecule has 8 nitrogen and oxygen atoms in total. The molecule has 0 aliphatic carbocycles. The van der Waals surface area contributed by atoms with E-state index < -0.39 is 10.0 Å². The number of rotatable bonds is 5. The number of nitrogens with zero attached hydrogens (tertiary/aromatic N) is 3. The standard InChI is InChI=1S/C24H27ClN4O4S/c1-17(2)18-3-9-21(10-4-18)34(32,33)28-15-13-27(14-16-28)24(31)22-11-12-23(30)29(26-22)20-7-5-19(25)6-8-20/h3-11,17,26H,12-16H2,1-2H3. The van der Waals surface area contributed by atoms with E-state index in [0.29, 0.717) is 16.6 Å². The van der Waals surface area contributed by atoms with E-state index in [9.17, 15) is 18.0 Å². The normalized spacial score (nSPS) is 17.5. The Hall–Kier alpha value is -2.88. The van der Waals surface area contributed by atoms with Crippen LogP contribution in [-0.4, -0.2) is 55.6 Å². The molecular formula is C24H27ClN4O4S. The van der Waals surface area contributed by atoms with Gasteiger partial charge < -0.3 is 4.90 Å². The quantitative estimate of drug-likeness (QED) is 0.678. The number of anilines is 1. The predicted molar refractivity (Wildman–Crippen MR) is 131 cm³/mol. The summed E-state index contributed by atoms with van der Waals surface area (Å²) in [5, 5.41) is 1.87. The summed E-state index contributed by atoms with van der Waals surface area (Å²) in [4.78, 5) is 27.3. The second kappa shape index (κ2) is 9.77. The van der Waals surface area contributed by atoms with Crippen LogP contribution in [0.1, 0.15) is 31.7 Å². The van der Waals surface area contributed by atoms with E-state index in [1.807, 2.05) is 12.1 Å². The van der Waals surface area contributed by atoms with Gasteiger partial charge in [-0.25, -0.2) is 13.4 Å². The third-order valence-corrected chi connectivity index (χ3v) is 8.15. The van der Waals surface area contributed by atoms with Crippen molar-refractivity contribution >= 4 is 39.1 Å². The molecule has 1 N–H and O–H groups in total. The van der Waals surface area contributed by atoms with Crippen LogP contribution >= 0.6 is 11.6 Å². The lowest BCUT2D eigenvalue weighted by atomic mass is 10.0. The third-order valence-electron chi connectivity index (χ3n) is 5.99. The van der Waals surface area contributed by atoms with Gasteiger partial charge in [0, 0.05) is 37.6 Å². The molecule has 180 valence electrons. The molecule has 2 aromatic rings. The Balaban J connectivity index is 1.40. The van der Waals surface area contributed by atoms with Crippen LogP contribution < -0.4 is 10.4 Å². The van der Waals surface area contributed by atoms with Gasteiger partial charge >= 0.3 is 0 Å². The van der Waals surface area contributed by atoms with E-state index >= 15 is 0 Å². The molecule has 0 spiro atoms. The Morgan fingerprint density at radius 1 is 0.971 bits per heavy atom. The molecule has 0 bridgehead atoms. The largest absolute Gasteiger partial charge is 0.335 e. The zero-order valence-electron chi connectivity index (χ0n) is 19.1. The zero-order valence-corrected chi connectivity index (χ0v) is 20.6. The van der Waals surface area contributed by atoms with E-state index in [4.69, 9.17) is 11.6 Å². The Morgan fingerprint density at radius 3 is 2.18 bits per heavy atom. The lowest BCUT2D eigenvalue weighted by molar-refractivity contribution is -0.129. The van der Waals surface area contributed by atoms with Crippen LogP contribution in [0.5, 0.6) is 0 Å². The molecular weight excluding hydrogens is 476 g/mol. The Bertz CT molecular complexity index is 1200. The van der Waals surface area contributed by atoms with Crippen molar-refractivity contribution in [2.24, 2.45) is 0 Å². The number of hydrogen-bond acceptors (Lipinski definition) is 5. The van der Waals surface area contributed by atoms with Gasteiger partial charge in [-0.1, -0.05) is 37.6 Å². The van der Waals surface area contributed by atoms with Gasteiger partial charge in [0.25, 0.3) is 5.91 Å². The average molecular weight is 503 g/mol. The first kappa shape index (κ1) is 24.3. The molecule has 4 rings (SSSR count). The van der Waals surface area contributed by atoms with Crippen LogP contribution in [0.3, 0.4) is 0 Å². The second-order valence-corrected chi connectivity index (χ2v) is 10.9. The molecule has 2 amide bonds. The number of nitrogens with one attached hydrogen (secondary N) is 1. The first-order chi connectivity index (χ1) is 16.2. The molecule has 2 aliphatic rings. The van der Waals surface area contributed by atoms with Gasteiger partial charge in [0.15, 0.2) is 0 Å². The van der Waals surface area contributed by atoms with Gasteiger partial charge in [-0.2, -0.15) is 4.31 Å². The van der Waals surface area contributed by atoms with Crippen LogP contribution in [0.15, 0.2) is 65.2 Å². The number of carbonyl (C=O) groups excluding carboxylic acids is 2. The van der Waals surface area contributed by atoms with Crippen LogP contribution in [0.2, 0.25) is 5.02 Å². The highest BCUT2D eigenvalue weighted by Crippen LogP contribution is 2.23. The molecule has 0 saturated carbocycles. The maximum Gasteiger partial charge on any atom is 0.271 e. The summed E-state index contributed by atoms with van der Waals surface area (Å²) >= 11 is 5.93. The molecule has 2 aromatic carbocycles. The molecule has 10 heteroatoms. The van der Waals surface area contributed by atoms with Crippen molar-refractivity contribution in [3.8, 4) is 0 Å². The van der Waals surface area contributed by atoms with Gasteiger partial charge in [-0.15, -0.1) is 0 Å². The lowest BCUT2D eigenvalue weighted by Crippen LogP contribution is -2.54. The van der Waals surface area contributed by atoms with Crippen molar-refractivity contribution < 1.29 is 18.0 Å². The van der Waals surface area contributed by atoms with Crippen molar-refractivity contribution in [2.75, 3.05) is 31.2 Å². The minimum atomic E-state index is -3.63. The summed E-state index contributed by atoms with van der Waals surface area (Å²) in [6, 6.07) is 13.7. The van der Waals surface area contributed by atoms with E-state index in [1.54, 1.807) is 47.4 Å². The highest BCUT2D eigenvalue weighted by Gasteiger charge is 2.33. The molecule has 2 aliphatic heterocycles. The monoisotopic (exact) mass is 502 g/mol. The molecule has 1 fully saturated rings. The maximum absolute atomic E-state index is 13.1. The first-order valence-electron chi connectivity index (χ1n) is 11.1. The van der Waals surface area contributed by atoms with Gasteiger partial charge in [0.05, 0.1) is 10.6 Å². The topological polar surface area (TPSA) is 90.0 Å². The number of halogens is 1. The van der Waals surface area contributed by atoms with Crippen molar-refractivity contribution in [3.05, 3.63) is 70.9 Å². The summed E-state index contributed by atoms with van der Waals surface area (Å²) < 4.78 is 27.5. The number of piperazine rings is 1. The van der Waals surface area contributed by atoms with Crippen molar-refractivity contribution in [1.82, 2.24) is 14.6 Å². The summed E-state index contributed by atoms with van der Waals surface area (Å²) in [5.74, 6) is -0.150. The Labute approximate surface area is 204 Å². The summed E-state index contributed by atoms with van der Waals surface area (Å²) in [6.07, 6.45) is 1.65. The van der Waals surface area contributed by atoms with Crippen molar-refractivity contribution in [2.45, 2.75) is 31.1 Å². The molecule has 0 atom stereocenters. The third kappa shape index (κ3) is 4.96. The van der Waals surface area contributed by atoms with Crippen LogP contribution in [0.4, 0.5) is 5.69 Å². The smallest absolute Gasteiger partial charge is 0.271 e. The van der Waals surface area contributed by atoms with E-state index in [2.05, 4.69) is 19.3 Å². The molecule has 0 radical (unpaired) electrons. The van der Waals surface area contributed by atoms with E-state index in [1.165, 1.54) is 9.31 Å². The van der Waals surface area contributed by atoms with Gasteiger partial charge in [0.1, 0.15) is 5.70 Å². The fraction of sp³-hybridized carbons (Fsp3) is 0.333. The summed E-state index contributed by atoms with van der Waals surface area (Å²) in [7, 11) is -3.63. The Kier molecular flexibility index (Phi) is 6.97. The van der Waals surface area contributed by atoms with Crippen molar-refractivity contribution in [1.29, 1.82) is 0 Å². The Morgan fingerprint density at radius 2 is 1.59 bits per heavy atom. The predicted octanol–water partition coefficient (Wildman–Crippen LogP) is 3.12. The fourth-order valence-electron chi connectivity index (χ4n) is 3.92.